The summed E-state index contributed by atoms with van der Waals surface area (Å²) >= 11 is 0. The first-order valence-electron chi connectivity index (χ1n) is 8.53. The zero-order valence-electron chi connectivity index (χ0n) is 14.8. The normalized spacial score (nSPS) is 10.8. The van der Waals surface area contributed by atoms with Crippen LogP contribution in [0.3, 0.4) is 0 Å². The van der Waals surface area contributed by atoms with E-state index in [2.05, 4.69) is 18.7 Å². The molecule has 2 aromatic carbocycles. The molecule has 130 valence electrons. The Morgan fingerprint density at radius 3 is 2.12 bits per heavy atom. The molecule has 3 aromatic rings. The Balaban J connectivity index is 2.07. The molecule has 3 rings (SSSR count). The van der Waals surface area contributed by atoms with Gasteiger partial charge in [-0.2, -0.15) is 0 Å². The van der Waals surface area contributed by atoms with E-state index in [0.29, 0.717) is 17.0 Å². The molecule has 0 saturated carbocycles. The maximum Gasteiger partial charge on any atom is 0.332 e. The van der Waals surface area contributed by atoms with Crippen LogP contribution in [0.4, 0.5) is 5.69 Å². The van der Waals surface area contributed by atoms with E-state index >= 15 is 0 Å². The van der Waals surface area contributed by atoms with Crippen molar-refractivity contribution in [3.05, 3.63) is 65.5 Å². The lowest BCUT2D eigenvalue weighted by Gasteiger charge is -2.20. The van der Waals surface area contributed by atoms with Crippen LogP contribution in [0.5, 0.6) is 0 Å². The Kier molecular flexibility index (Phi) is 4.65. The first-order valence-corrected chi connectivity index (χ1v) is 8.53. The topological polar surface area (TPSA) is 55.3 Å². The van der Waals surface area contributed by atoms with Crippen molar-refractivity contribution in [2.75, 3.05) is 18.0 Å². The second-order valence-corrected chi connectivity index (χ2v) is 5.95. The summed E-state index contributed by atoms with van der Waals surface area (Å²) in [6, 6.07) is 17.1. The van der Waals surface area contributed by atoms with Crippen LogP contribution in [0.15, 0.2) is 54.6 Å². The number of aromatic nitrogens is 2. The van der Waals surface area contributed by atoms with Gasteiger partial charge in [0.05, 0.1) is 5.56 Å². The summed E-state index contributed by atoms with van der Waals surface area (Å²) in [5.74, 6) is 0.224. The largest absolute Gasteiger partial charge is 0.710 e. The minimum Gasteiger partial charge on any atom is -0.710 e. The number of benzene rings is 2. The molecule has 0 aliphatic rings. The molecular weight excluding hydrogens is 314 g/mol. The second kappa shape index (κ2) is 6.89. The van der Waals surface area contributed by atoms with Crippen LogP contribution in [0.25, 0.3) is 22.6 Å². The van der Waals surface area contributed by atoms with E-state index in [1.54, 1.807) is 6.92 Å². The molecular formula is C20H23N3O2. The Hall–Kier alpha value is -2.95. The summed E-state index contributed by atoms with van der Waals surface area (Å²) in [5, 5.41) is 23.3. The summed E-state index contributed by atoms with van der Waals surface area (Å²) in [6.45, 7) is 7.78. The molecule has 0 aliphatic heterocycles. The van der Waals surface area contributed by atoms with E-state index < -0.39 is 0 Å². The molecule has 0 radical (unpaired) electrons. The third-order valence-electron chi connectivity index (χ3n) is 4.55. The van der Waals surface area contributed by atoms with Gasteiger partial charge in [0.2, 0.25) is 5.69 Å². The van der Waals surface area contributed by atoms with Gasteiger partial charge < -0.3 is 15.3 Å². The molecule has 0 fully saturated rings. The monoisotopic (exact) mass is 337 g/mol. The van der Waals surface area contributed by atoms with Crippen LogP contribution < -0.4 is 9.63 Å². The van der Waals surface area contributed by atoms with Gasteiger partial charge in [-0.15, -0.1) is 0 Å². The molecule has 5 heteroatoms. The first-order chi connectivity index (χ1) is 12.1. The predicted molar refractivity (Wildman–Crippen MR) is 99.7 cm³/mol. The highest BCUT2D eigenvalue weighted by Crippen LogP contribution is 2.28. The molecule has 1 heterocycles. The molecule has 1 N–H and O–H groups in total. The van der Waals surface area contributed by atoms with E-state index in [0.717, 1.165) is 33.8 Å². The van der Waals surface area contributed by atoms with Crippen LogP contribution in [-0.2, 0) is 0 Å². The third-order valence-corrected chi connectivity index (χ3v) is 4.55. The molecule has 0 aliphatic carbocycles. The fourth-order valence-electron chi connectivity index (χ4n) is 3.18. The SMILES string of the molecule is CCN(CC)c1ccc(-c2n(O)c(-c3ccccc3)c(C)[n+]2[O-])cc1. The number of hydrogen-bond acceptors (Lipinski definition) is 3. The Bertz CT molecular complexity index is 851. The minimum atomic E-state index is 0.224. The molecule has 0 saturated heterocycles. The zero-order valence-corrected chi connectivity index (χ0v) is 14.8. The molecule has 0 atom stereocenters. The summed E-state index contributed by atoms with van der Waals surface area (Å²) in [4.78, 5) is 2.23. The van der Waals surface area contributed by atoms with E-state index in [4.69, 9.17) is 0 Å². The fraction of sp³-hybridized carbons (Fsp3) is 0.250. The van der Waals surface area contributed by atoms with Gasteiger partial charge in [0.1, 0.15) is 0 Å². The molecule has 0 bridgehead atoms. The average molecular weight is 337 g/mol. The lowest BCUT2D eigenvalue weighted by Crippen LogP contribution is -2.30. The average Bonchev–Trinajstić information content (AvgIpc) is 2.87. The van der Waals surface area contributed by atoms with E-state index in [9.17, 15) is 10.4 Å². The molecule has 0 spiro atoms. The van der Waals surface area contributed by atoms with Crippen LogP contribution >= 0.6 is 0 Å². The molecule has 1 aromatic heterocycles. The highest BCUT2D eigenvalue weighted by molar-refractivity contribution is 5.66. The fourth-order valence-corrected chi connectivity index (χ4v) is 3.18. The van der Waals surface area contributed by atoms with Crippen molar-refractivity contribution >= 4 is 5.69 Å². The van der Waals surface area contributed by atoms with E-state index in [1.165, 1.54) is 0 Å². The van der Waals surface area contributed by atoms with Gasteiger partial charge in [-0.05, 0) is 42.8 Å². The van der Waals surface area contributed by atoms with Crippen LogP contribution in [0, 0.1) is 12.1 Å². The van der Waals surface area contributed by atoms with Gasteiger partial charge in [-0.25, -0.2) is 4.73 Å². The van der Waals surface area contributed by atoms with E-state index in [-0.39, 0.29) is 5.82 Å². The van der Waals surface area contributed by atoms with Crippen LogP contribution in [0.2, 0.25) is 0 Å². The summed E-state index contributed by atoms with van der Waals surface area (Å²) < 4.78 is 1.78. The number of imidazole rings is 1. The zero-order chi connectivity index (χ0) is 18.0. The predicted octanol–water partition coefficient (Wildman–Crippen LogP) is 3.85. The Morgan fingerprint density at radius 2 is 1.56 bits per heavy atom. The van der Waals surface area contributed by atoms with Crippen molar-refractivity contribution in [3.8, 4) is 22.6 Å². The van der Waals surface area contributed by atoms with Crippen LogP contribution in [-0.4, -0.2) is 23.0 Å². The van der Waals surface area contributed by atoms with Crippen molar-refractivity contribution in [2.45, 2.75) is 20.8 Å². The Morgan fingerprint density at radius 1 is 0.960 bits per heavy atom. The van der Waals surface area contributed by atoms with E-state index in [1.807, 2.05) is 54.6 Å². The second-order valence-electron chi connectivity index (χ2n) is 5.95. The van der Waals surface area contributed by atoms with Gasteiger partial charge in [0, 0.05) is 31.3 Å². The highest BCUT2D eigenvalue weighted by Gasteiger charge is 2.27. The third kappa shape index (κ3) is 2.93. The quantitative estimate of drug-likeness (QED) is 0.437. The molecule has 25 heavy (non-hydrogen) atoms. The smallest absolute Gasteiger partial charge is 0.332 e. The summed E-state index contributed by atoms with van der Waals surface area (Å²) in [6.07, 6.45) is 0. The lowest BCUT2D eigenvalue weighted by molar-refractivity contribution is -0.600. The van der Waals surface area contributed by atoms with Gasteiger partial charge in [-0.1, -0.05) is 30.3 Å². The van der Waals surface area contributed by atoms with Crippen molar-refractivity contribution < 1.29 is 9.94 Å². The lowest BCUT2D eigenvalue weighted by atomic mass is 10.1. The minimum absolute atomic E-state index is 0.224. The number of anilines is 1. The standard InChI is InChI=1S/C20H23N3O2/c1-4-21(5-2)18-13-11-17(12-14-18)20-22(24)15(3)19(23(20)25)16-9-7-6-8-10-16/h6-14,25H,4-5H2,1-3H3. The summed E-state index contributed by atoms with van der Waals surface area (Å²) in [5.41, 5.74) is 3.56. The molecule has 0 unspecified atom stereocenters. The number of hydrogen-bond donors (Lipinski definition) is 1. The van der Waals surface area contributed by atoms with Gasteiger partial charge >= 0.3 is 5.82 Å². The number of nitrogens with zero attached hydrogens (tertiary/aromatic N) is 3. The van der Waals surface area contributed by atoms with Crippen molar-refractivity contribution in [1.29, 1.82) is 0 Å². The van der Waals surface area contributed by atoms with Gasteiger partial charge in [0.25, 0.3) is 0 Å². The maximum absolute atomic E-state index is 12.6. The highest BCUT2D eigenvalue weighted by atomic mass is 16.5. The first kappa shape index (κ1) is 16.9. The summed E-state index contributed by atoms with van der Waals surface area (Å²) in [7, 11) is 0. The van der Waals surface area contributed by atoms with Crippen molar-refractivity contribution in [1.82, 2.24) is 4.73 Å². The van der Waals surface area contributed by atoms with Crippen LogP contribution in [0.1, 0.15) is 19.5 Å². The molecule has 0 amide bonds. The van der Waals surface area contributed by atoms with Crippen molar-refractivity contribution in [3.63, 3.8) is 0 Å². The maximum atomic E-state index is 12.6. The Labute approximate surface area is 147 Å². The van der Waals surface area contributed by atoms with Gasteiger partial charge in [-0.3, -0.25) is 0 Å². The molecule has 5 nitrogen and oxygen atoms in total. The number of rotatable bonds is 5. The van der Waals surface area contributed by atoms with Crippen molar-refractivity contribution in [2.24, 2.45) is 0 Å². The van der Waals surface area contributed by atoms with Gasteiger partial charge in [0.15, 0.2) is 5.69 Å².